The van der Waals surface area contributed by atoms with Crippen LogP contribution in [-0.4, -0.2) is 76.9 Å². The van der Waals surface area contributed by atoms with Gasteiger partial charge in [-0.05, 0) is 19.9 Å². The maximum atomic E-state index is 13.2. The molecule has 8 nitrogen and oxygen atoms in total. The normalized spacial score (nSPS) is 31.0. The number of carbonyl (C=O) groups is 2. The molecule has 1 spiro atoms. The number of rotatable bonds is 7. The molecule has 27 heavy (non-hydrogen) atoms. The van der Waals surface area contributed by atoms with Crippen molar-refractivity contribution in [3.63, 3.8) is 0 Å². The van der Waals surface area contributed by atoms with Crippen LogP contribution >= 0.6 is 0 Å². The van der Waals surface area contributed by atoms with E-state index in [0.29, 0.717) is 32.8 Å². The number of amides is 2. The van der Waals surface area contributed by atoms with E-state index in [1.807, 2.05) is 32.1 Å². The van der Waals surface area contributed by atoms with Crippen molar-refractivity contribution >= 4 is 11.8 Å². The third-order valence-electron chi connectivity index (χ3n) is 5.71. The Morgan fingerprint density at radius 3 is 3.07 bits per heavy atom. The number of carbonyl (C=O) groups excluding carboxylic acids is 2. The fraction of sp³-hybridized carbons (Fsp3) is 0.632. The molecule has 3 aliphatic heterocycles. The minimum absolute atomic E-state index is 0.0103. The van der Waals surface area contributed by atoms with Crippen LogP contribution in [0.5, 0.6) is 0 Å². The zero-order valence-corrected chi connectivity index (χ0v) is 16.0. The number of aromatic nitrogens is 2. The molecule has 0 aromatic carbocycles. The van der Waals surface area contributed by atoms with Gasteiger partial charge in [0.25, 0.3) is 0 Å². The molecule has 3 aliphatic rings. The molecule has 146 valence electrons. The number of fused-ring (bicyclic) bond motifs is 1. The highest BCUT2D eigenvalue weighted by atomic mass is 16.5. The number of likely N-dealkylation sites (tertiary alicyclic amines) is 1. The van der Waals surface area contributed by atoms with Crippen molar-refractivity contribution in [1.29, 1.82) is 0 Å². The molecule has 4 rings (SSSR count). The SMILES string of the molecule is CCOCCN1C[C@]23C=C[C@H](O2)[C@@H](C(=O)N(C)Cc2cc(C)[nH]n2)[C@@H]3C1=O. The van der Waals surface area contributed by atoms with E-state index < -0.39 is 17.4 Å². The van der Waals surface area contributed by atoms with Crippen LogP contribution in [0.15, 0.2) is 18.2 Å². The van der Waals surface area contributed by atoms with E-state index in [-0.39, 0.29) is 17.9 Å². The zero-order valence-electron chi connectivity index (χ0n) is 16.0. The number of aromatic amines is 1. The number of nitrogens with zero attached hydrogens (tertiary/aromatic N) is 3. The lowest BCUT2D eigenvalue weighted by Crippen LogP contribution is -2.44. The molecule has 4 atom stereocenters. The first-order chi connectivity index (χ1) is 12.9. The van der Waals surface area contributed by atoms with Gasteiger partial charge in [0.1, 0.15) is 5.60 Å². The van der Waals surface area contributed by atoms with E-state index in [0.717, 1.165) is 11.4 Å². The minimum atomic E-state index is -0.669. The number of hydrogen-bond acceptors (Lipinski definition) is 5. The first-order valence-electron chi connectivity index (χ1n) is 9.45. The quantitative estimate of drug-likeness (QED) is 0.555. The average Bonchev–Trinajstić information content (AvgIpc) is 3.37. The zero-order chi connectivity index (χ0) is 19.2. The molecule has 2 fully saturated rings. The molecule has 1 aromatic rings. The Morgan fingerprint density at radius 2 is 2.37 bits per heavy atom. The minimum Gasteiger partial charge on any atom is -0.380 e. The topological polar surface area (TPSA) is 87.8 Å². The van der Waals surface area contributed by atoms with Crippen LogP contribution in [-0.2, 0) is 25.6 Å². The van der Waals surface area contributed by atoms with E-state index in [1.165, 1.54) is 0 Å². The maximum Gasteiger partial charge on any atom is 0.230 e. The molecular formula is C19H26N4O4. The summed E-state index contributed by atoms with van der Waals surface area (Å²) in [7, 11) is 1.75. The van der Waals surface area contributed by atoms with E-state index in [2.05, 4.69) is 10.2 Å². The molecule has 4 heterocycles. The van der Waals surface area contributed by atoms with Crippen LogP contribution in [0.3, 0.4) is 0 Å². The van der Waals surface area contributed by atoms with Crippen LogP contribution in [0.25, 0.3) is 0 Å². The van der Waals surface area contributed by atoms with Crippen molar-refractivity contribution in [2.24, 2.45) is 11.8 Å². The number of H-pyrrole nitrogens is 1. The Morgan fingerprint density at radius 1 is 1.56 bits per heavy atom. The van der Waals surface area contributed by atoms with Gasteiger partial charge in [0, 0.05) is 25.9 Å². The molecule has 0 radical (unpaired) electrons. The smallest absolute Gasteiger partial charge is 0.230 e. The second kappa shape index (κ2) is 6.76. The highest BCUT2D eigenvalue weighted by molar-refractivity contribution is 5.93. The van der Waals surface area contributed by atoms with Gasteiger partial charge in [0.2, 0.25) is 11.8 Å². The van der Waals surface area contributed by atoms with Crippen LogP contribution in [0.2, 0.25) is 0 Å². The van der Waals surface area contributed by atoms with Crippen LogP contribution in [0.1, 0.15) is 18.3 Å². The molecule has 2 bridgehead atoms. The molecule has 0 unspecified atom stereocenters. The maximum absolute atomic E-state index is 13.2. The molecule has 0 saturated carbocycles. The number of aryl methyl sites for hydroxylation is 1. The third-order valence-corrected chi connectivity index (χ3v) is 5.71. The number of ether oxygens (including phenoxy) is 2. The van der Waals surface area contributed by atoms with Crippen molar-refractivity contribution in [2.45, 2.75) is 32.1 Å². The molecule has 8 heteroatoms. The van der Waals surface area contributed by atoms with Crippen molar-refractivity contribution in [3.8, 4) is 0 Å². The van der Waals surface area contributed by atoms with Crippen molar-refractivity contribution < 1.29 is 19.1 Å². The highest BCUT2D eigenvalue weighted by Gasteiger charge is 2.66. The second-order valence-electron chi connectivity index (χ2n) is 7.59. The van der Waals surface area contributed by atoms with Gasteiger partial charge in [-0.25, -0.2) is 0 Å². The summed E-state index contributed by atoms with van der Waals surface area (Å²) >= 11 is 0. The summed E-state index contributed by atoms with van der Waals surface area (Å²) in [6, 6.07) is 1.92. The van der Waals surface area contributed by atoms with Crippen LogP contribution in [0, 0.1) is 18.8 Å². The van der Waals surface area contributed by atoms with Crippen LogP contribution in [0.4, 0.5) is 0 Å². The van der Waals surface area contributed by atoms with Gasteiger partial charge >= 0.3 is 0 Å². The Bertz CT molecular complexity index is 776. The van der Waals surface area contributed by atoms with E-state index in [9.17, 15) is 9.59 Å². The van der Waals surface area contributed by atoms with Gasteiger partial charge in [-0.3, -0.25) is 14.7 Å². The van der Waals surface area contributed by atoms with Gasteiger partial charge in [-0.1, -0.05) is 12.2 Å². The predicted octanol–water partition coefficient (Wildman–Crippen LogP) is 0.495. The van der Waals surface area contributed by atoms with Crippen molar-refractivity contribution in [2.75, 3.05) is 33.4 Å². The van der Waals surface area contributed by atoms with Gasteiger partial charge in [-0.15, -0.1) is 0 Å². The van der Waals surface area contributed by atoms with Crippen molar-refractivity contribution in [3.05, 3.63) is 29.6 Å². The molecular weight excluding hydrogens is 348 g/mol. The first-order valence-corrected chi connectivity index (χ1v) is 9.45. The molecule has 2 saturated heterocycles. The summed E-state index contributed by atoms with van der Waals surface area (Å²) in [6.07, 6.45) is 3.58. The Labute approximate surface area is 158 Å². The van der Waals surface area contributed by atoms with E-state index >= 15 is 0 Å². The first kappa shape index (κ1) is 18.2. The third kappa shape index (κ3) is 2.96. The number of hydrogen-bond donors (Lipinski definition) is 1. The second-order valence-corrected chi connectivity index (χ2v) is 7.59. The number of nitrogens with one attached hydrogen (secondary N) is 1. The summed E-state index contributed by atoms with van der Waals surface area (Å²) in [6.45, 7) is 6.38. The molecule has 2 amide bonds. The average molecular weight is 374 g/mol. The van der Waals surface area contributed by atoms with Crippen molar-refractivity contribution in [1.82, 2.24) is 20.0 Å². The van der Waals surface area contributed by atoms with Gasteiger partial charge in [0.15, 0.2) is 0 Å². The molecule has 0 aliphatic carbocycles. The monoisotopic (exact) mass is 374 g/mol. The Kier molecular flexibility index (Phi) is 4.55. The van der Waals surface area contributed by atoms with E-state index in [4.69, 9.17) is 9.47 Å². The fourth-order valence-corrected chi connectivity index (χ4v) is 4.50. The van der Waals surface area contributed by atoms with Gasteiger partial charge in [0.05, 0.1) is 43.3 Å². The lowest BCUT2D eigenvalue weighted by molar-refractivity contribution is -0.143. The molecule has 1 aromatic heterocycles. The standard InChI is InChI=1S/C19H26N4O4/c1-4-26-8-7-23-11-19-6-5-14(27-19)15(16(19)18(23)25)17(24)22(3)10-13-9-12(2)20-21-13/h5-6,9,14-16H,4,7-8,10-11H2,1-3H3,(H,20,21)/t14-,15+,16+,19-/m0/s1. The summed E-state index contributed by atoms with van der Waals surface area (Å²) < 4.78 is 11.5. The molecule has 1 N–H and O–H groups in total. The summed E-state index contributed by atoms with van der Waals surface area (Å²) in [4.78, 5) is 29.6. The summed E-state index contributed by atoms with van der Waals surface area (Å²) in [5, 5.41) is 7.08. The lowest BCUT2D eigenvalue weighted by Gasteiger charge is -2.27. The summed E-state index contributed by atoms with van der Waals surface area (Å²) in [5.41, 5.74) is 1.08. The van der Waals surface area contributed by atoms with Gasteiger partial charge < -0.3 is 19.3 Å². The highest BCUT2D eigenvalue weighted by Crippen LogP contribution is 2.52. The lowest BCUT2D eigenvalue weighted by atomic mass is 9.76. The Balaban J connectivity index is 1.49. The largest absolute Gasteiger partial charge is 0.380 e. The van der Waals surface area contributed by atoms with Crippen LogP contribution < -0.4 is 0 Å². The Hall–Kier alpha value is -2.19. The summed E-state index contributed by atoms with van der Waals surface area (Å²) in [5.74, 6) is -1.02. The predicted molar refractivity (Wildman–Crippen MR) is 96.6 cm³/mol. The fourth-order valence-electron chi connectivity index (χ4n) is 4.50. The van der Waals surface area contributed by atoms with Gasteiger partial charge in [-0.2, -0.15) is 5.10 Å². The van der Waals surface area contributed by atoms with E-state index in [1.54, 1.807) is 16.8 Å².